The molecule has 1 unspecified atom stereocenters. The second-order valence-corrected chi connectivity index (χ2v) is 5.77. The quantitative estimate of drug-likeness (QED) is 0.789. The summed E-state index contributed by atoms with van der Waals surface area (Å²) in [4.78, 5) is 11.8. The normalized spacial score (nSPS) is 11.8. The Morgan fingerprint density at radius 1 is 1.21 bits per heavy atom. The fraction of sp³-hybridized carbons (Fsp3) is 0.350. The molecule has 0 spiro atoms. The van der Waals surface area contributed by atoms with Gasteiger partial charge in [-0.3, -0.25) is 4.79 Å². The number of methoxy groups -OCH3 is 1. The first kappa shape index (κ1) is 17.9. The lowest BCUT2D eigenvalue weighted by Gasteiger charge is -2.18. The monoisotopic (exact) mass is 328 g/mol. The maximum Gasteiger partial charge on any atom is 0.311 e. The first-order chi connectivity index (χ1) is 11.6. The molecular weight excluding hydrogens is 304 g/mol. The minimum atomic E-state index is -0.841. The molecule has 0 aliphatic rings. The maximum absolute atomic E-state index is 11.8. The summed E-state index contributed by atoms with van der Waals surface area (Å²) in [6.45, 7) is 4.63. The van der Waals surface area contributed by atoms with Gasteiger partial charge in [0, 0.05) is 0 Å². The number of hydrogen-bond acceptors (Lipinski definition) is 3. The molecule has 0 aliphatic heterocycles. The van der Waals surface area contributed by atoms with Crippen LogP contribution in [0.3, 0.4) is 0 Å². The van der Waals surface area contributed by atoms with Gasteiger partial charge >= 0.3 is 5.97 Å². The van der Waals surface area contributed by atoms with E-state index in [4.69, 9.17) is 9.47 Å². The van der Waals surface area contributed by atoms with Crippen molar-refractivity contribution in [3.05, 3.63) is 59.2 Å². The summed E-state index contributed by atoms with van der Waals surface area (Å²) >= 11 is 0. The second-order valence-electron chi connectivity index (χ2n) is 5.77. The zero-order valence-corrected chi connectivity index (χ0v) is 14.4. The average molecular weight is 328 g/mol. The molecule has 1 N–H and O–H groups in total. The van der Waals surface area contributed by atoms with E-state index in [1.54, 1.807) is 7.11 Å². The third kappa shape index (κ3) is 4.28. The molecule has 1 atom stereocenters. The Bertz CT molecular complexity index is 694. The van der Waals surface area contributed by atoms with Crippen LogP contribution in [0, 0.1) is 6.92 Å². The highest BCUT2D eigenvalue weighted by Crippen LogP contribution is 2.30. The number of aliphatic carboxylic acids is 1. The van der Waals surface area contributed by atoms with Crippen LogP contribution in [-0.4, -0.2) is 24.8 Å². The summed E-state index contributed by atoms with van der Waals surface area (Å²) in [5.41, 5.74) is 2.61. The van der Waals surface area contributed by atoms with Gasteiger partial charge in [-0.15, -0.1) is 0 Å². The van der Waals surface area contributed by atoms with Gasteiger partial charge in [0.1, 0.15) is 11.5 Å². The SMILES string of the molecule is CCCOc1ccc(C(Cc2ccccc2OC)C(=O)O)c(C)c1. The van der Waals surface area contributed by atoms with Gasteiger partial charge in [-0.2, -0.15) is 0 Å². The van der Waals surface area contributed by atoms with E-state index in [1.807, 2.05) is 49.4 Å². The Kier molecular flexibility index (Phi) is 6.24. The lowest BCUT2D eigenvalue weighted by molar-refractivity contribution is -0.138. The van der Waals surface area contributed by atoms with Crippen LogP contribution in [0.15, 0.2) is 42.5 Å². The van der Waals surface area contributed by atoms with Gasteiger partial charge in [-0.05, 0) is 54.7 Å². The minimum Gasteiger partial charge on any atom is -0.496 e. The van der Waals surface area contributed by atoms with E-state index in [2.05, 4.69) is 6.92 Å². The number of carboxylic acids is 1. The van der Waals surface area contributed by atoms with Crippen LogP contribution < -0.4 is 9.47 Å². The molecule has 0 heterocycles. The lowest BCUT2D eigenvalue weighted by atomic mass is 9.89. The summed E-state index contributed by atoms with van der Waals surface area (Å²) in [5.74, 6) is 0.0246. The van der Waals surface area contributed by atoms with Crippen molar-refractivity contribution in [2.45, 2.75) is 32.6 Å². The number of para-hydroxylation sites is 1. The Labute approximate surface area is 143 Å². The third-order valence-corrected chi connectivity index (χ3v) is 4.00. The highest BCUT2D eigenvalue weighted by atomic mass is 16.5. The topological polar surface area (TPSA) is 55.8 Å². The molecule has 0 aliphatic carbocycles. The van der Waals surface area contributed by atoms with Crippen molar-refractivity contribution in [1.29, 1.82) is 0 Å². The average Bonchev–Trinajstić information content (AvgIpc) is 2.58. The predicted octanol–water partition coefficient (Wildman–Crippen LogP) is 4.20. The molecule has 4 nitrogen and oxygen atoms in total. The molecule has 2 aromatic carbocycles. The van der Waals surface area contributed by atoms with E-state index in [1.165, 1.54) is 0 Å². The number of rotatable bonds is 8. The largest absolute Gasteiger partial charge is 0.496 e. The van der Waals surface area contributed by atoms with Gasteiger partial charge in [0.25, 0.3) is 0 Å². The summed E-state index contributed by atoms with van der Waals surface area (Å²) in [6.07, 6.45) is 1.32. The molecule has 24 heavy (non-hydrogen) atoms. The highest BCUT2D eigenvalue weighted by Gasteiger charge is 2.23. The van der Waals surface area contributed by atoms with Gasteiger partial charge in [-0.25, -0.2) is 0 Å². The van der Waals surface area contributed by atoms with Crippen LogP contribution in [0.25, 0.3) is 0 Å². The summed E-state index contributed by atoms with van der Waals surface area (Å²) in [7, 11) is 1.60. The number of ether oxygens (including phenoxy) is 2. The molecule has 4 heteroatoms. The Hall–Kier alpha value is -2.49. The summed E-state index contributed by atoms with van der Waals surface area (Å²) in [5, 5.41) is 9.71. The fourth-order valence-electron chi connectivity index (χ4n) is 2.77. The summed E-state index contributed by atoms with van der Waals surface area (Å²) < 4.78 is 11.0. The Balaban J connectivity index is 2.29. The number of hydrogen-bond donors (Lipinski definition) is 1. The fourth-order valence-corrected chi connectivity index (χ4v) is 2.77. The highest BCUT2D eigenvalue weighted by molar-refractivity contribution is 5.77. The van der Waals surface area contributed by atoms with Crippen molar-refractivity contribution < 1.29 is 19.4 Å². The third-order valence-electron chi connectivity index (χ3n) is 4.00. The molecule has 2 aromatic rings. The van der Waals surface area contributed by atoms with E-state index in [0.717, 1.165) is 28.9 Å². The van der Waals surface area contributed by atoms with Crippen molar-refractivity contribution in [3.8, 4) is 11.5 Å². The number of carbonyl (C=O) groups is 1. The van der Waals surface area contributed by atoms with Crippen LogP contribution in [0.4, 0.5) is 0 Å². The molecule has 0 aromatic heterocycles. The Morgan fingerprint density at radius 2 is 1.96 bits per heavy atom. The number of carboxylic acid groups (broad SMARTS) is 1. The lowest BCUT2D eigenvalue weighted by Crippen LogP contribution is -2.16. The van der Waals surface area contributed by atoms with Crippen molar-refractivity contribution in [2.24, 2.45) is 0 Å². The van der Waals surface area contributed by atoms with Gasteiger partial charge in [0.2, 0.25) is 0 Å². The van der Waals surface area contributed by atoms with Crippen LogP contribution in [0.1, 0.15) is 36.0 Å². The van der Waals surface area contributed by atoms with Gasteiger partial charge < -0.3 is 14.6 Å². The molecule has 128 valence electrons. The van der Waals surface area contributed by atoms with Gasteiger partial charge in [0.15, 0.2) is 0 Å². The van der Waals surface area contributed by atoms with Crippen LogP contribution in [0.2, 0.25) is 0 Å². The maximum atomic E-state index is 11.8. The van der Waals surface area contributed by atoms with Crippen LogP contribution >= 0.6 is 0 Å². The molecule has 0 fully saturated rings. The zero-order chi connectivity index (χ0) is 17.5. The Morgan fingerprint density at radius 3 is 2.58 bits per heavy atom. The van der Waals surface area contributed by atoms with Crippen molar-refractivity contribution >= 4 is 5.97 Å². The van der Waals surface area contributed by atoms with Crippen LogP contribution in [0.5, 0.6) is 11.5 Å². The molecule has 0 radical (unpaired) electrons. The van der Waals surface area contributed by atoms with Gasteiger partial charge in [-0.1, -0.05) is 31.2 Å². The van der Waals surface area contributed by atoms with Crippen molar-refractivity contribution in [2.75, 3.05) is 13.7 Å². The molecular formula is C20H24O4. The van der Waals surface area contributed by atoms with Crippen molar-refractivity contribution in [3.63, 3.8) is 0 Å². The minimum absolute atomic E-state index is 0.384. The number of aryl methyl sites for hydroxylation is 1. The summed E-state index contributed by atoms with van der Waals surface area (Å²) in [6, 6.07) is 13.1. The van der Waals surface area contributed by atoms with E-state index in [9.17, 15) is 9.90 Å². The molecule has 0 amide bonds. The standard InChI is InChI=1S/C20H24O4/c1-4-11-24-16-9-10-17(14(2)12-16)18(20(21)22)13-15-7-5-6-8-19(15)23-3/h5-10,12,18H,4,11,13H2,1-3H3,(H,21,22). The molecule has 0 bridgehead atoms. The predicted molar refractivity (Wildman–Crippen MR) is 94.0 cm³/mol. The molecule has 2 rings (SSSR count). The zero-order valence-electron chi connectivity index (χ0n) is 14.4. The number of benzene rings is 2. The van der Waals surface area contributed by atoms with Crippen LogP contribution in [-0.2, 0) is 11.2 Å². The second kappa shape index (κ2) is 8.39. The molecule has 0 saturated heterocycles. The van der Waals surface area contributed by atoms with E-state index < -0.39 is 11.9 Å². The van der Waals surface area contributed by atoms with E-state index in [0.29, 0.717) is 18.8 Å². The van der Waals surface area contributed by atoms with Crippen molar-refractivity contribution in [1.82, 2.24) is 0 Å². The first-order valence-corrected chi connectivity index (χ1v) is 8.14. The van der Waals surface area contributed by atoms with E-state index in [-0.39, 0.29) is 0 Å². The van der Waals surface area contributed by atoms with Gasteiger partial charge in [0.05, 0.1) is 19.6 Å². The van der Waals surface area contributed by atoms with E-state index >= 15 is 0 Å². The smallest absolute Gasteiger partial charge is 0.311 e. The molecule has 0 saturated carbocycles. The first-order valence-electron chi connectivity index (χ1n) is 8.14.